The Bertz CT molecular complexity index is 677. The van der Waals surface area contributed by atoms with Gasteiger partial charge >= 0.3 is 0 Å². The minimum atomic E-state index is 0.231. The lowest BCUT2D eigenvalue weighted by Gasteiger charge is -2.11. The molecule has 0 aromatic heterocycles. The Hall–Kier alpha value is -2.15. The molecule has 2 aromatic carbocycles. The van der Waals surface area contributed by atoms with Gasteiger partial charge < -0.3 is 0 Å². The minimum Gasteiger partial charge on any atom is -0.298 e. The van der Waals surface area contributed by atoms with Gasteiger partial charge in [-0.1, -0.05) is 60.2 Å². The zero-order valence-electron chi connectivity index (χ0n) is 10.3. The number of allylic oxidation sites excluding steroid dienone is 4. The zero-order chi connectivity index (χ0) is 12.5. The van der Waals surface area contributed by atoms with Gasteiger partial charge in [-0.3, -0.25) is 4.79 Å². The topological polar surface area (TPSA) is 17.1 Å². The minimum absolute atomic E-state index is 0.231. The van der Waals surface area contributed by atoms with Gasteiger partial charge in [0.25, 0.3) is 0 Å². The predicted molar refractivity (Wildman–Crippen MR) is 75.0 cm³/mol. The average molecular weight is 234 g/mol. The molecule has 18 heavy (non-hydrogen) atoms. The first-order chi connectivity index (χ1) is 8.79. The molecule has 0 spiro atoms. The van der Waals surface area contributed by atoms with Crippen molar-refractivity contribution in [1.82, 2.24) is 0 Å². The van der Waals surface area contributed by atoms with Gasteiger partial charge in [0.2, 0.25) is 0 Å². The summed E-state index contributed by atoms with van der Waals surface area (Å²) in [5, 5.41) is 2.15. The first kappa shape index (κ1) is 11.0. The van der Waals surface area contributed by atoms with Crippen molar-refractivity contribution in [2.75, 3.05) is 0 Å². The number of rotatable bonds is 2. The molecule has 0 radical (unpaired) electrons. The van der Waals surface area contributed by atoms with Crippen LogP contribution in [0, 0.1) is 0 Å². The van der Waals surface area contributed by atoms with Gasteiger partial charge in [-0.05, 0) is 23.3 Å². The largest absolute Gasteiger partial charge is 0.298 e. The Labute approximate surface area is 106 Å². The first-order valence-electron chi connectivity index (χ1n) is 6.13. The van der Waals surface area contributed by atoms with Crippen LogP contribution in [-0.4, -0.2) is 6.29 Å². The number of carbonyl (C=O) groups is 1. The molecule has 0 bridgehead atoms. The molecular formula is C17H14O. The third-order valence-electron chi connectivity index (χ3n) is 3.49. The quantitative estimate of drug-likeness (QED) is 0.710. The molecule has 0 heterocycles. The van der Waals surface area contributed by atoms with Crippen molar-refractivity contribution in [3.8, 4) is 0 Å². The molecule has 0 aliphatic heterocycles. The fourth-order valence-electron chi connectivity index (χ4n) is 2.58. The maximum Gasteiger partial charge on any atom is 0.150 e. The number of carbonyl (C=O) groups excluding carboxylic acids is 1. The molecule has 0 fully saturated rings. The summed E-state index contributed by atoms with van der Waals surface area (Å²) in [4.78, 5) is 11.4. The van der Waals surface area contributed by atoms with Crippen LogP contribution in [0.25, 0.3) is 10.8 Å². The number of aldehydes is 1. The van der Waals surface area contributed by atoms with Crippen LogP contribution >= 0.6 is 0 Å². The summed E-state index contributed by atoms with van der Waals surface area (Å²) in [7, 11) is 0. The van der Waals surface area contributed by atoms with Crippen LogP contribution in [0.2, 0.25) is 0 Å². The van der Waals surface area contributed by atoms with Crippen LogP contribution in [0.3, 0.4) is 0 Å². The molecule has 1 unspecified atom stereocenters. The summed E-state index contributed by atoms with van der Waals surface area (Å²) in [6, 6.07) is 12.2. The molecule has 1 atom stereocenters. The lowest BCUT2D eigenvalue weighted by molar-refractivity contribution is 0.112. The van der Waals surface area contributed by atoms with E-state index in [1.165, 1.54) is 5.57 Å². The molecule has 0 saturated heterocycles. The highest BCUT2D eigenvalue weighted by atomic mass is 16.1. The van der Waals surface area contributed by atoms with Gasteiger partial charge in [-0.15, -0.1) is 0 Å². The lowest BCUT2D eigenvalue weighted by atomic mass is 9.91. The molecule has 3 rings (SSSR count). The van der Waals surface area contributed by atoms with Gasteiger partial charge in [0, 0.05) is 11.5 Å². The summed E-state index contributed by atoms with van der Waals surface area (Å²) in [6.07, 6.45) is 7.42. The fraction of sp³-hybridized carbons (Fsp3) is 0.118. The van der Waals surface area contributed by atoms with Crippen LogP contribution < -0.4 is 0 Å². The van der Waals surface area contributed by atoms with Crippen molar-refractivity contribution >= 4 is 17.1 Å². The van der Waals surface area contributed by atoms with Gasteiger partial charge in [0.05, 0.1) is 0 Å². The van der Waals surface area contributed by atoms with E-state index < -0.39 is 0 Å². The second-order valence-corrected chi connectivity index (χ2v) is 4.70. The molecule has 1 aliphatic rings. The Morgan fingerprint density at radius 2 is 1.94 bits per heavy atom. The van der Waals surface area contributed by atoms with E-state index in [0.717, 1.165) is 28.2 Å². The van der Waals surface area contributed by atoms with Crippen molar-refractivity contribution in [2.45, 2.75) is 12.8 Å². The van der Waals surface area contributed by atoms with Crippen molar-refractivity contribution < 1.29 is 4.79 Å². The number of hydrogen-bond acceptors (Lipinski definition) is 1. The molecule has 1 aliphatic carbocycles. The van der Waals surface area contributed by atoms with Crippen molar-refractivity contribution in [2.24, 2.45) is 0 Å². The smallest absolute Gasteiger partial charge is 0.150 e. The van der Waals surface area contributed by atoms with E-state index in [2.05, 4.69) is 37.3 Å². The molecule has 2 aromatic rings. The Kier molecular flexibility index (Phi) is 2.60. The third kappa shape index (κ3) is 1.68. The van der Waals surface area contributed by atoms with E-state index in [0.29, 0.717) is 0 Å². The second-order valence-electron chi connectivity index (χ2n) is 4.70. The summed E-state index contributed by atoms with van der Waals surface area (Å²) in [5.41, 5.74) is 3.16. The van der Waals surface area contributed by atoms with E-state index in [9.17, 15) is 4.79 Å². The lowest BCUT2D eigenvalue weighted by Crippen LogP contribution is -1.97. The summed E-state index contributed by atoms with van der Waals surface area (Å²) < 4.78 is 0. The van der Waals surface area contributed by atoms with Crippen molar-refractivity contribution in [3.63, 3.8) is 0 Å². The van der Waals surface area contributed by atoms with E-state index in [-0.39, 0.29) is 5.92 Å². The SMILES string of the molecule is CC1=CC(c2ccc3ccccc3c2C=O)C=C1. The average Bonchev–Trinajstić information content (AvgIpc) is 2.84. The molecule has 1 heteroatoms. The molecule has 0 amide bonds. The summed E-state index contributed by atoms with van der Waals surface area (Å²) >= 11 is 0. The molecule has 0 saturated carbocycles. The monoisotopic (exact) mass is 234 g/mol. The first-order valence-corrected chi connectivity index (χ1v) is 6.13. The molecule has 1 nitrogen and oxygen atoms in total. The van der Waals surface area contributed by atoms with Crippen LogP contribution in [-0.2, 0) is 0 Å². The maximum absolute atomic E-state index is 11.4. The normalized spacial score (nSPS) is 18.1. The van der Waals surface area contributed by atoms with Gasteiger partial charge in [0.15, 0.2) is 6.29 Å². The van der Waals surface area contributed by atoms with E-state index in [4.69, 9.17) is 0 Å². The standard InChI is InChI=1S/C17H14O/c1-12-6-7-14(10-12)16-9-8-13-4-2-3-5-15(13)17(16)11-18/h2-11,14H,1H3. The fourth-order valence-corrected chi connectivity index (χ4v) is 2.58. The molecular weight excluding hydrogens is 220 g/mol. The van der Waals surface area contributed by atoms with E-state index in [1.54, 1.807) is 0 Å². The number of hydrogen-bond donors (Lipinski definition) is 0. The highest BCUT2D eigenvalue weighted by Gasteiger charge is 2.15. The summed E-state index contributed by atoms with van der Waals surface area (Å²) in [6.45, 7) is 2.08. The highest BCUT2D eigenvalue weighted by molar-refractivity contribution is 6.00. The van der Waals surface area contributed by atoms with Gasteiger partial charge in [-0.25, -0.2) is 0 Å². The Morgan fingerprint density at radius 1 is 1.11 bits per heavy atom. The molecule has 0 N–H and O–H groups in total. The van der Waals surface area contributed by atoms with Crippen molar-refractivity contribution in [1.29, 1.82) is 0 Å². The molecule has 88 valence electrons. The number of fused-ring (bicyclic) bond motifs is 1. The van der Waals surface area contributed by atoms with Crippen LogP contribution in [0.4, 0.5) is 0 Å². The number of benzene rings is 2. The van der Waals surface area contributed by atoms with Crippen LogP contribution in [0.15, 0.2) is 60.2 Å². The van der Waals surface area contributed by atoms with Gasteiger partial charge in [0.1, 0.15) is 0 Å². The maximum atomic E-state index is 11.4. The van der Waals surface area contributed by atoms with E-state index >= 15 is 0 Å². The Morgan fingerprint density at radius 3 is 2.67 bits per heavy atom. The van der Waals surface area contributed by atoms with E-state index in [1.807, 2.05) is 24.3 Å². The summed E-state index contributed by atoms with van der Waals surface area (Å²) in [5.74, 6) is 0.231. The third-order valence-corrected chi connectivity index (χ3v) is 3.49. The van der Waals surface area contributed by atoms with Crippen LogP contribution in [0.5, 0.6) is 0 Å². The second kappa shape index (κ2) is 4.26. The highest BCUT2D eigenvalue weighted by Crippen LogP contribution is 2.31. The Balaban J connectivity index is 2.24. The zero-order valence-corrected chi connectivity index (χ0v) is 10.3. The van der Waals surface area contributed by atoms with Crippen molar-refractivity contribution in [3.05, 3.63) is 71.3 Å². The predicted octanol–water partition coefficient (Wildman–Crippen LogP) is 4.25. The van der Waals surface area contributed by atoms with Gasteiger partial charge in [-0.2, -0.15) is 0 Å². The van der Waals surface area contributed by atoms with Crippen LogP contribution in [0.1, 0.15) is 28.8 Å².